The number of fused-ring (bicyclic) bond motifs is 3. The Bertz CT molecular complexity index is 1830. The summed E-state index contributed by atoms with van der Waals surface area (Å²) in [6.07, 6.45) is 7.00. The number of aromatic nitrogens is 2. The number of thiophene rings is 1. The van der Waals surface area contributed by atoms with E-state index in [4.69, 9.17) is 20.2 Å². The Balaban J connectivity index is 1.22. The van der Waals surface area contributed by atoms with Crippen molar-refractivity contribution in [1.29, 1.82) is 5.26 Å². The number of nitrogens with one attached hydrogen (secondary N) is 1. The van der Waals surface area contributed by atoms with Gasteiger partial charge in [-0.05, 0) is 69.3 Å². The van der Waals surface area contributed by atoms with E-state index in [1.807, 2.05) is 6.07 Å². The first-order valence-corrected chi connectivity index (χ1v) is 16.6. The number of halogens is 2. The van der Waals surface area contributed by atoms with E-state index in [9.17, 15) is 9.65 Å². The number of nitrogens with zero attached hydrogens (tertiary/aromatic N) is 5. The molecule has 4 aromatic rings. The van der Waals surface area contributed by atoms with E-state index in [1.54, 1.807) is 6.07 Å². The molecule has 3 saturated heterocycles. The number of benzene rings is 2. The molecule has 0 radical (unpaired) electrons. The zero-order chi connectivity index (χ0) is 30.7. The van der Waals surface area contributed by atoms with Gasteiger partial charge in [0.1, 0.15) is 34.8 Å². The predicted octanol–water partition coefficient (Wildman–Crippen LogP) is 5.21. The zero-order valence-corrected chi connectivity index (χ0v) is 25.8. The maximum Gasteiger partial charge on any atom is 0.319 e. The van der Waals surface area contributed by atoms with Crippen molar-refractivity contribution in [3.05, 3.63) is 41.5 Å². The van der Waals surface area contributed by atoms with Crippen LogP contribution in [-0.2, 0) is 4.74 Å². The molecule has 45 heavy (non-hydrogen) atoms. The molecular formula is C33H35F2N7O2S. The normalized spacial score (nSPS) is 21.4. The van der Waals surface area contributed by atoms with Crippen molar-refractivity contribution in [3.8, 4) is 23.2 Å². The van der Waals surface area contributed by atoms with Crippen molar-refractivity contribution in [2.45, 2.75) is 56.2 Å². The van der Waals surface area contributed by atoms with E-state index in [0.717, 1.165) is 69.5 Å². The summed E-state index contributed by atoms with van der Waals surface area (Å²) in [6, 6.07) is 8.61. The van der Waals surface area contributed by atoms with Gasteiger partial charge >= 0.3 is 6.01 Å². The quantitative estimate of drug-likeness (QED) is 0.271. The average Bonchev–Trinajstić information content (AvgIpc) is 3.51. The maximum absolute atomic E-state index is 16.8. The molecule has 3 aliphatic heterocycles. The third-order valence-corrected chi connectivity index (χ3v) is 10.9. The molecular weight excluding hydrogens is 596 g/mol. The third-order valence-electron chi connectivity index (χ3n) is 9.88. The summed E-state index contributed by atoms with van der Waals surface area (Å²) in [7, 11) is 0. The summed E-state index contributed by atoms with van der Waals surface area (Å²) < 4.78 is 44.2. The second kappa shape index (κ2) is 11.3. The molecule has 9 nitrogen and oxygen atoms in total. The molecule has 234 valence electrons. The van der Waals surface area contributed by atoms with E-state index in [-0.39, 0.29) is 43.9 Å². The number of ether oxygens (including phenoxy) is 2. The SMILES string of the molecule is N#Cc1c(N)sc2c(F)ccc(-c3ccc4c(N5CCNC(COC6CC6)C5)nc(OCC56CCCN5CCC6)nc4c3F)c12. The minimum absolute atomic E-state index is 0.0224. The molecule has 8 rings (SSSR count). The topological polar surface area (TPSA) is 113 Å². The van der Waals surface area contributed by atoms with Gasteiger partial charge in [-0.15, -0.1) is 11.3 Å². The molecule has 5 heterocycles. The van der Waals surface area contributed by atoms with Crippen molar-refractivity contribution >= 4 is 43.1 Å². The number of rotatable bonds is 8. The van der Waals surface area contributed by atoms with E-state index >= 15 is 4.39 Å². The number of nitrogens with two attached hydrogens (primary N) is 1. The lowest BCUT2D eigenvalue weighted by molar-refractivity contribution is 0.0961. The summed E-state index contributed by atoms with van der Waals surface area (Å²) in [6.45, 7) is 5.28. The fourth-order valence-electron chi connectivity index (χ4n) is 7.44. The number of nitriles is 1. The highest BCUT2D eigenvalue weighted by Crippen LogP contribution is 2.43. The van der Waals surface area contributed by atoms with Crippen molar-refractivity contribution < 1.29 is 18.3 Å². The molecule has 0 bridgehead atoms. The average molecular weight is 632 g/mol. The second-order valence-electron chi connectivity index (χ2n) is 12.7. The highest BCUT2D eigenvalue weighted by atomic mass is 32.1. The third kappa shape index (κ3) is 5.06. The highest BCUT2D eigenvalue weighted by molar-refractivity contribution is 7.23. The molecule has 12 heteroatoms. The Labute approximate surface area is 263 Å². The maximum atomic E-state index is 16.8. The van der Waals surface area contributed by atoms with Crippen LogP contribution >= 0.6 is 11.3 Å². The van der Waals surface area contributed by atoms with Gasteiger partial charge in [-0.2, -0.15) is 15.2 Å². The zero-order valence-electron chi connectivity index (χ0n) is 25.0. The number of nitrogen functional groups attached to an aromatic ring is 1. The summed E-state index contributed by atoms with van der Waals surface area (Å²) >= 11 is 0.993. The lowest BCUT2D eigenvalue weighted by atomic mass is 9.95. The molecule has 1 saturated carbocycles. The number of hydrogen-bond acceptors (Lipinski definition) is 10. The van der Waals surface area contributed by atoms with E-state index in [2.05, 4.69) is 26.2 Å². The van der Waals surface area contributed by atoms with Crippen LogP contribution in [0.25, 0.3) is 32.1 Å². The van der Waals surface area contributed by atoms with E-state index in [0.29, 0.717) is 54.6 Å². The Morgan fingerprint density at radius 1 is 1.09 bits per heavy atom. The lowest BCUT2D eigenvalue weighted by Gasteiger charge is -2.35. The van der Waals surface area contributed by atoms with Crippen LogP contribution < -0.4 is 20.7 Å². The predicted molar refractivity (Wildman–Crippen MR) is 171 cm³/mol. The molecule has 1 atom stereocenters. The Hall–Kier alpha value is -3.63. The molecule has 0 spiro atoms. The molecule has 2 aromatic heterocycles. The Morgan fingerprint density at radius 2 is 1.89 bits per heavy atom. The number of anilines is 2. The molecule has 0 amide bonds. The van der Waals surface area contributed by atoms with Crippen LogP contribution in [0.15, 0.2) is 24.3 Å². The minimum atomic E-state index is -0.576. The van der Waals surface area contributed by atoms with Gasteiger partial charge in [0.2, 0.25) is 0 Å². The standard InChI is InChI=1S/C33H35F2N7O2S/c34-25-8-7-21(26-24(15-36)30(37)45-29(25)26)22-5-6-23-28(27(22)35)39-32(44-18-33-9-1-12-42(33)13-2-10-33)40-31(23)41-14-11-38-19(16-41)17-43-20-3-4-20/h5-8,19-20,38H,1-4,9-14,16-18,37H2. The molecule has 4 fully saturated rings. The van der Waals surface area contributed by atoms with Crippen LogP contribution in [0, 0.1) is 23.0 Å². The lowest BCUT2D eigenvalue weighted by Crippen LogP contribution is -2.53. The number of hydrogen-bond donors (Lipinski definition) is 2. The van der Waals surface area contributed by atoms with Crippen molar-refractivity contribution in [2.24, 2.45) is 0 Å². The Morgan fingerprint density at radius 3 is 2.67 bits per heavy atom. The summed E-state index contributed by atoms with van der Waals surface area (Å²) in [5.41, 5.74) is 6.94. The van der Waals surface area contributed by atoms with Crippen molar-refractivity contribution in [3.63, 3.8) is 0 Å². The van der Waals surface area contributed by atoms with Gasteiger partial charge in [-0.3, -0.25) is 4.90 Å². The van der Waals surface area contributed by atoms with Gasteiger partial charge in [-0.1, -0.05) is 12.1 Å². The first-order chi connectivity index (χ1) is 21.9. The van der Waals surface area contributed by atoms with Crippen LogP contribution in [0.4, 0.5) is 19.6 Å². The van der Waals surface area contributed by atoms with Gasteiger partial charge in [0, 0.05) is 42.0 Å². The molecule has 4 aliphatic rings. The first-order valence-electron chi connectivity index (χ1n) is 15.8. The monoisotopic (exact) mass is 631 g/mol. The molecule has 2 aromatic carbocycles. The molecule has 1 unspecified atom stereocenters. The van der Waals surface area contributed by atoms with E-state index < -0.39 is 11.6 Å². The fourth-order valence-corrected chi connectivity index (χ4v) is 8.39. The van der Waals surface area contributed by atoms with Crippen molar-refractivity contribution in [1.82, 2.24) is 20.2 Å². The van der Waals surface area contributed by atoms with Gasteiger partial charge in [0.05, 0.1) is 28.5 Å². The van der Waals surface area contributed by atoms with Gasteiger partial charge in [-0.25, -0.2) is 8.78 Å². The highest BCUT2D eigenvalue weighted by Gasteiger charge is 2.45. The van der Waals surface area contributed by atoms with Gasteiger partial charge in [0.25, 0.3) is 0 Å². The van der Waals surface area contributed by atoms with Gasteiger partial charge in [0.15, 0.2) is 5.82 Å². The minimum Gasteiger partial charge on any atom is -0.461 e. The largest absolute Gasteiger partial charge is 0.461 e. The van der Waals surface area contributed by atoms with Crippen LogP contribution in [0.1, 0.15) is 44.1 Å². The molecule has 3 N–H and O–H groups in total. The summed E-state index contributed by atoms with van der Waals surface area (Å²) in [4.78, 5) is 14.2. The number of piperazine rings is 1. The van der Waals surface area contributed by atoms with Crippen LogP contribution in [0.3, 0.4) is 0 Å². The summed E-state index contributed by atoms with van der Waals surface area (Å²) in [5, 5.41) is 14.5. The molecule has 1 aliphatic carbocycles. The first kappa shape index (κ1) is 28.8. The van der Waals surface area contributed by atoms with Gasteiger partial charge < -0.3 is 25.4 Å². The summed E-state index contributed by atoms with van der Waals surface area (Å²) in [5.74, 6) is -0.459. The van der Waals surface area contributed by atoms with Crippen molar-refractivity contribution in [2.75, 3.05) is 56.6 Å². The Kier molecular flexibility index (Phi) is 7.24. The fraction of sp³-hybridized carbons (Fsp3) is 0.485. The van der Waals surface area contributed by atoms with Crippen LogP contribution in [0.5, 0.6) is 6.01 Å². The van der Waals surface area contributed by atoms with E-state index in [1.165, 1.54) is 12.1 Å². The second-order valence-corrected chi connectivity index (χ2v) is 13.8. The van der Waals surface area contributed by atoms with Crippen LogP contribution in [-0.4, -0.2) is 78.5 Å². The van der Waals surface area contributed by atoms with Crippen LogP contribution in [0.2, 0.25) is 0 Å². The smallest absolute Gasteiger partial charge is 0.319 e.